The average molecular weight is 284 g/mol. The SMILES string of the molecule is CSCc1ccc(C(=O)N[C@@H]2C[C@@H](CO)N(C)C2)o1. The molecule has 0 spiro atoms. The van der Waals surface area contributed by atoms with Crippen LogP contribution in [-0.4, -0.2) is 54.5 Å². The third kappa shape index (κ3) is 3.52. The molecule has 2 heterocycles. The van der Waals surface area contributed by atoms with Crippen LogP contribution >= 0.6 is 11.8 Å². The second-order valence-corrected chi connectivity index (χ2v) is 5.75. The summed E-state index contributed by atoms with van der Waals surface area (Å²) in [6.45, 7) is 0.886. The molecule has 1 aliphatic rings. The zero-order valence-corrected chi connectivity index (χ0v) is 12.1. The lowest BCUT2D eigenvalue weighted by molar-refractivity contribution is 0.0909. The Kier molecular flexibility index (Phi) is 4.90. The molecule has 0 radical (unpaired) electrons. The molecule has 19 heavy (non-hydrogen) atoms. The number of furan rings is 1. The number of carbonyl (C=O) groups is 1. The highest BCUT2D eigenvalue weighted by molar-refractivity contribution is 7.97. The number of thioether (sulfide) groups is 1. The fraction of sp³-hybridized carbons (Fsp3) is 0.615. The van der Waals surface area contributed by atoms with Crippen molar-refractivity contribution in [2.75, 3.05) is 26.5 Å². The summed E-state index contributed by atoms with van der Waals surface area (Å²) >= 11 is 1.66. The van der Waals surface area contributed by atoms with E-state index in [9.17, 15) is 9.90 Å². The number of carbonyl (C=O) groups excluding carboxylic acids is 1. The van der Waals surface area contributed by atoms with Crippen LogP contribution in [0.4, 0.5) is 0 Å². The van der Waals surface area contributed by atoms with Crippen LogP contribution in [0, 0.1) is 0 Å². The number of aliphatic hydroxyl groups excluding tert-OH is 1. The van der Waals surface area contributed by atoms with Gasteiger partial charge in [-0.2, -0.15) is 11.8 Å². The van der Waals surface area contributed by atoms with Gasteiger partial charge in [-0.05, 0) is 31.9 Å². The third-order valence-corrected chi connectivity index (χ3v) is 3.98. The number of nitrogens with one attached hydrogen (secondary N) is 1. The molecule has 0 aromatic carbocycles. The first-order valence-corrected chi connectivity index (χ1v) is 7.73. The Morgan fingerprint density at radius 3 is 3.05 bits per heavy atom. The molecule has 2 atom stereocenters. The molecule has 1 amide bonds. The molecule has 0 bridgehead atoms. The minimum Gasteiger partial charge on any atom is -0.455 e. The van der Waals surface area contributed by atoms with Crippen molar-refractivity contribution in [3.63, 3.8) is 0 Å². The molecule has 0 saturated carbocycles. The molecule has 106 valence electrons. The van der Waals surface area contributed by atoms with Crippen molar-refractivity contribution in [3.8, 4) is 0 Å². The molecule has 1 aromatic rings. The van der Waals surface area contributed by atoms with E-state index in [0.29, 0.717) is 5.76 Å². The van der Waals surface area contributed by atoms with Crippen molar-refractivity contribution in [2.24, 2.45) is 0 Å². The molecule has 6 heteroatoms. The van der Waals surface area contributed by atoms with E-state index in [1.165, 1.54) is 0 Å². The van der Waals surface area contributed by atoms with Gasteiger partial charge in [0, 0.05) is 18.6 Å². The maximum absolute atomic E-state index is 12.0. The van der Waals surface area contributed by atoms with Gasteiger partial charge in [0.25, 0.3) is 5.91 Å². The first kappa shape index (κ1) is 14.4. The topological polar surface area (TPSA) is 65.7 Å². The highest BCUT2D eigenvalue weighted by Crippen LogP contribution is 2.17. The van der Waals surface area contributed by atoms with Crippen molar-refractivity contribution in [2.45, 2.75) is 24.3 Å². The second kappa shape index (κ2) is 6.45. The summed E-state index contributed by atoms with van der Waals surface area (Å²) in [7, 11) is 1.95. The van der Waals surface area contributed by atoms with Crippen LogP contribution in [-0.2, 0) is 5.75 Å². The summed E-state index contributed by atoms with van der Waals surface area (Å²) in [5, 5.41) is 12.1. The lowest BCUT2D eigenvalue weighted by Crippen LogP contribution is -2.36. The largest absolute Gasteiger partial charge is 0.455 e. The van der Waals surface area contributed by atoms with Gasteiger partial charge in [-0.15, -0.1) is 0 Å². The summed E-state index contributed by atoms with van der Waals surface area (Å²) in [4.78, 5) is 14.1. The lowest BCUT2D eigenvalue weighted by Gasteiger charge is -2.15. The van der Waals surface area contributed by atoms with Crippen LogP contribution in [0.15, 0.2) is 16.5 Å². The van der Waals surface area contributed by atoms with Gasteiger partial charge in [-0.25, -0.2) is 0 Å². The van der Waals surface area contributed by atoms with Gasteiger partial charge in [0.2, 0.25) is 0 Å². The van der Waals surface area contributed by atoms with Crippen molar-refractivity contribution < 1.29 is 14.3 Å². The highest BCUT2D eigenvalue weighted by atomic mass is 32.2. The third-order valence-electron chi connectivity index (χ3n) is 3.41. The van der Waals surface area contributed by atoms with Crippen LogP contribution in [0.1, 0.15) is 22.7 Å². The van der Waals surface area contributed by atoms with Gasteiger partial charge in [0.1, 0.15) is 5.76 Å². The lowest BCUT2D eigenvalue weighted by atomic mass is 10.2. The Labute approximate surface area is 117 Å². The number of aliphatic hydroxyl groups is 1. The fourth-order valence-electron chi connectivity index (χ4n) is 2.37. The van der Waals surface area contributed by atoms with Crippen LogP contribution < -0.4 is 5.32 Å². The number of amides is 1. The molecular formula is C13H20N2O3S. The molecule has 1 fully saturated rings. The molecule has 1 aliphatic heterocycles. The maximum atomic E-state index is 12.0. The van der Waals surface area contributed by atoms with E-state index in [0.717, 1.165) is 24.5 Å². The number of likely N-dealkylation sites (N-methyl/N-ethyl adjacent to an activating group) is 1. The predicted octanol–water partition coefficient (Wildman–Crippen LogP) is 0.937. The van der Waals surface area contributed by atoms with E-state index >= 15 is 0 Å². The van der Waals surface area contributed by atoms with Gasteiger partial charge in [-0.1, -0.05) is 0 Å². The van der Waals surface area contributed by atoms with Crippen molar-refractivity contribution >= 4 is 17.7 Å². The first-order valence-electron chi connectivity index (χ1n) is 6.33. The number of nitrogens with zero attached hydrogens (tertiary/aromatic N) is 1. The van der Waals surface area contributed by atoms with Crippen LogP contribution in [0.25, 0.3) is 0 Å². The minimum atomic E-state index is -0.177. The Morgan fingerprint density at radius 2 is 2.42 bits per heavy atom. The van der Waals surface area contributed by atoms with E-state index in [2.05, 4.69) is 10.2 Å². The number of hydrogen-bond donors (Lipinski definition) is 2. The van der Waals surface area contributed by atoms with Gasteiger partial charge in [0.15, 0.2) is 5.76 Å². The average Bonchev–Trinajstić information content (AvgIpc) is 2.96. The summed E-state index contributed by atoms with van der Waals surface area (Å²) in [5.74, 6) is 1.77. The van der Waals surface area contributed by atoms with Gasteiger partial charge >= 0.3 is 0 Å². The summed E-state index contributed by atoms with van der Waals surface area (Å²) < 4.78 is 5.48. The molecule has 2 rings (SSSR count). The highest BCUT2D eigenvalue weighted by Gasteiger charge is 2.30. The Bertz CT molecular complexity index is 435. The van der Waals surface area contributed by atoms with E-state index in [1.54, 1.807) is 17.8 Å². The molecule has 0 unspecified atom stereocenters. The Hall–Kier alpha value is -0.980. The molecular weight excluding hydrogens is 264 g/mol. The van der Waals surface area contributed by atoms with Gasteiger partial charge in [0.05, 0.1) is 12.4 Å². The van der Waals surface area contributed by atoms with Crippen LogP contribution in [0.2, 0.25) is 0 Å². The fourth-order valence-corrected chi connectivity index (χ4v) is 2.81. The van der Waals surface area contributed by atoms with Crippen molar-refractivity contribution in [1.82, 2.24) is 10.2 Å². The Balaban J connectivity index is 1.90. The quantitative estimate of drug-likeness (QED) is 0.842. The molecule has 2 N–H and O–H groups in total. The van der Waals surface area contributed by atoms with Crippen LogP contribution in [0.5, 0.6) is 0 Å². The minimum absolute atomic E-state index is 0.0729. The first-order chi connectivity index (χ1) is 9.13. The normalized spacial score (nSPS) is 23.7. The standard InChI is InChI=1S/C13H20N2O3S/c1-15-6-9(5-10(15)7-16)14-13(17)12-4-3-11(18-12)8-19-2/h3-4,9-10,16H,5-8H2,1-2H3,(H,14,17)/t9-,10+/m1/s1. The van der Waals surface area contributed by atoms with Gasteiger partial charge in [-0.3, -0.25) is 9.69 Å². The molecule has 0 aliphatic carbocycles. The van der Waals surface area contributed by atoms with E-state index in [-0.39, 0.29) is 24.6 Å². The number of likely N-dealkylation sites (tertiary alicyclic amines) is 1. The summed E-state index contributed by atoms with van der Waals surface area (Å²) in [5.41, 5.74) is 0. The Morgan fingerprint density at radius 1 is 1.63 bits per heavy atom. The second-order valence-electron chi connectivity index (χ2n) is 4.88. The smallest absolute Gasteiger partial charge is 0.287 e. The zero-order chi connectivity index (χ0) is 13.8. The van der Waals surface area contributed by atoms with Crippen molar-refractivity contribution in [3.05, 3.63) is 23.7 Å². The van der Waals surface area contributed by atoms with Crippen LogP contribution in [0.3, 0.4) is 0 Å². The molecule has 5 nitrogen and oxygen atoms in total. The summed E-state index contributed by atoms with van der Waals surface area (Å²) in [6, 6.07) is 3.75. The van der Waals surface area contributed by atoms with E-state index < -0.39 is 0 Å². The van der Waals surface area contributed by atoms with Crippen molar-refractivity contribution in [1.29, 1.82) is 0 Å². The zero-order valence-electron chi connectivity index (χ0n) is 11.3. The predicted molar refractivity (Wildman–Crippen MR) is 75.3 cm³/mol. The van der Waals surface area contributed by atoms with E-state index in [1.807, 2.05) is 19.4 Å². The maximum Gasteiger partial charge on any atom is 0.287 e. The monoisotopic (exact) mass is 284 g/mol. The number of hydrogen-bond acceptors (Lipinski definition) is 5. The van der Waals surface area contributed by atoms with Gasteiger partial charge < -0.3 is 14.8 Å². The molecule has 1 saturated heterocycles. The number of rotatable bonds is 5. The molecule has 1 aromatic heterocycles. The summed E-state index contributed by atoms with van der Waals surface area (Å²) in [6.07, 6.45) is 2.77. The van der Waals surface area contributed by atoms with E-state index in [4.69, 9.17) is 4.42 Å².